The highest BCUT2D eigenvalue weighted by Crippen LogP contribution is 2.28. The van der Waals surface area contributed by atoms with E-state index < -0.39 is 10.0 Å². The second-order valence-electron chi connectivity index (χ2n) is 4.42. The third kappa shape index (κ3) is 2.80. The maximum atomic E-state index is 12.4. The molecule has 114 valence electrons. The van der Waals surface area contributed by atoms with Gasteiger partial charge in [-0.15, -0.1) is 10.2 Å². The Hall–Kier alpha value is -1.67. The van der Waals surface area contributed by atoms with Crippen molar-refractivity contribution in [1.82, 2.24) is 19.3 Å². The van der Waals surface area contributed by atoms with Crippen molar-refractivity contribution >= 4 is 38.9 Å². The van der Waals surface area contributed by atoms with E-state index in [1.54, 1.807) is 28.8 Å². The molecule has 0 saturated carbocycles. The van der Waals surface area contributed by atoms with Crippen LogP contribution in [0.3, 0.4) is 0 Å². The lowest BCUT2D eigenvalue weighted by Gasteiger charge is -2.09. The lowest BCUT2D eigenvalue weighted by molar-refractivity contribution is 0.579. The maximum absolute atomic E-state index is 12.4. The maximum Gasteiger partial charge on any atom is 0.243 e. The molecule has 3 rings (SSSR count). The summed E-state index contributed by atoms with van der Waals surface area (Å²) in [5.74, 6) is 0.461. The van der Waals surface area contributed by atoms with Crippen molar-refractivity contribution in [3.63, 3.8) is 0 Å². The monoisotopic (exact) mass is 356 g/mol. The van der Waals surface area contributed by atoms with Gasteiger partial charge < -0.3 is 0 Å². The first-order chi connectivity index (χ1) is 10.5. The van der Waals surface area contributed by atoms with E-state index in [0.29, 0.717) is 11.5 Å². The molecule has 1 aromatic carbocycles. The van der Waals surface area contributed by atoms with E-state index in [9.17, 15) is 8.42 Å². The first-order valence-corrected chi connectivity index (χ1v) is 8.45. The Balaban J connectivity index is 1.90. The van der Waals surface area contributed by atoms with E-state index in [1.165, 1.54) is 12.1 Å². The number of aromatic nitrogens is 3. The van der Waals surface area contributed by atoms with Gasteiger partial charge in [0.15, 0.2) is 11.5 Å². The van der Waals surface area contributed by atoms with Crippen LogP contribution in [0.1, 0.15) is 5.82 Å². The fraction of sp³-hybridized carbons (Fsp3) is 0.0769. The SMILES string of the molecule is O=S(=O)(NCc1nnc2ccccn12)c1c(Cl)cccc1Cl. The van der Waals surface area contributed by atoms with Crippen molar-refractivity contribution in [2.45, 2.75) is 11.4 Å². The van der Waals surface area contributed by atoms with Crippen LogP contribution in [0.15, 0.2) is 47.5 Å². The molecule has 6 nitrogen and oxygen atoms in total. The Kier molecular flexibility index (Phi) is 4.05. The molecular formula is C13H10Cl2N4O2S. The van der Waals surface area contributed by atoms with Gasteiger partial charge in [0, 0.05) is 6.20 Å². The van der Waals surface area contributed by atoms with Gasteiger partial charge in [0.25, 0.3) is 0 Å². The number of hydrogen-bond donors (Lipinski definition) is 1. The van der Waals surface area contributed by atoms with Gasteiger partial charge in [0.2, 0.25) is 10.0 Å². The molecule has 0 aliphatic heterocycles. The first-order valence-electron chi connectivity index (χ1n) is 6.21. The van der Waals surface area contributed by atoms with Crippen LogP contribution in [-0.2, 0) is 16.6 Å². The number of rotatable bonds is 4. The third-order valence-corrected chi connectivity index (χ3v) is 5.35. The van der Waals surface area contributed by atoms with Crippen LogP contribution in [0.2, 0.25) is 10.0 Å². The van der Waals surface area contributed by atoms with Crippen molar-refractivity contribution in [2.24, 2.45) is 0 Å². The summed E-state index contributed by atoms with van der Waals surface area (Å²) < 4.78 is 28.9. The van der Waals surface area contributed by atoms with E-state index in [-0.39, 0.29) is 21.5 Å². The number of nitrogens with zero attached hydrogens (tertiary/aromatic N) is 3. The average molecular weight is 357 g/mol. The van der Waals surface area contributed by atoms with E-state index >= 15 is 0 Å². The van der Waals surface area contributed by atoms with Crippen molar-refractivity contribution in [1.29, 1.82) is 0 Å². The highest BCUT2D eigenvalue weighted by molar-refractivity contribution is 7.89. The number of halogens is 2. The Bertz CT molecular complexity index is 920. The van der Waals surface area contributed by atoms with Gasteiger partial charge in [-0.2, -0.15) is 0 Å². The Morgan fingerprint density at radius 2 is 1.77 bits per heavy atom. The number of hydrogen-bond acceptors (Lipinski definition) is 4. The van der Waals surface area contributed by atoms with Gasteiger partial charge in [-0.3, -0.25) is 4.40 Å². The zero-order chi connectivity index (χ0) is 15.7. The molecule has 9 heteroatoms. The van der Waals surface area contributed by atoms with Gasteiger partial charge in [-0.05, 0) is 24.3 Å². The second-order valence-corrected chi connectivity index (χ2v) is 6.94. The van der Waals surface area contributed by atoms with Crippen LogP contribution >= 0.6 is 23.2 Å². The molecule has 2 aromatic heterocycles. The molecule has 0 spiro atoms. The fourth-order valence-corrected chi connectivity index (χ4v) is 4.10. The summed E-state index contributed by atoms with van der Waals surface area (Å²) in [4.78, 5) is -0.146. The molecule has 0 atom stereocenters. The number of fused-ring (bicyclic) bond motifs is 1. The molecule has 0 amide bonds. The van der Waals surface area contributed by atoms with Crippen molar-refractivity contribution < 1.29 is 8.42 Å². The summed E-state index contributed by atoms with van der Waals surface area (Å²) in [7, 11) is -3.86. The number of benzene rings is 1. The van der Waals surface area contributed by atoms with E-state index in [4.69, 9.17) is 23.2 Å². The van der Waals surface area contributed by atoms with Crippen LogP contribution in [0.5, 0.6) is 0 Å². The lowest BCUT2D eigenvalue weighted by atomic mass is 10.4. The molecular weight excluding hydrogens is 347 g/mol. The molecule has 0 aliphatic rings. The predicted molar refractivity (Wildman–Crippen MR) is 83.5 cm³/mol. The minimum absolute atomic E-state index is 0.0327. The molecule has 0 saturated heterocycles. The van der Waals surface area contributed by atoms with Gasteiger partial charge in [-0.1, -0.05) is 35.3 Å². The average Bonchev–Trinajstić information content (AvgIpc) is 2.88. The summed E-state index contributed by atoms with van der Waals surface area (Å²) >= 11 is 11.9. The molecule has 0 radical (unpaired) electrons. The zero-order valence-electron chi connectivity index (χ0n) is 11.1. The summed E-state index contributed by atoms with van der Waals surface area (Å²) in [6.45, 7) is -0.0327. The zero-order valence-corrected chi connectivity index (χ0v) is 13.4. The van der Waals surface area contributed by atoms with Crippen LogP contribution in [0.4, 0.5) is 0 Å². The second kappa shape index (κ2) is 5.85. The Morgan fingerprint density at radius 3 is 2.50 bits per heavy atom. The largest absolute Gasteiger partial charge is 0.285 e. The lowest BCUT2D eigenvalue weighted by Crippen LogP contribution is -2.25. The van der Waals surface area contributed by atoms with Gasteiger partial charge in [0.05, 0.1) is 16.6 Å². The van der Waals surface area contributed by atoms with E-state index in [0.717, 1.165) is 0 Å². The van der Waals surface area contributed by atoms with Crippen LogP contribution in [0.25, 0.3) is 5.65 Å². The molecule has 22 heavy (non-hydrogen) atoms. The number of nitrogens with one attached hydrogen (secondary N) is 1. The molecule has 0 bridgehead atoms. The summed E-state index contributed by atoms with van der Waals surface area (Å²) in [5, 5.41) is 8.03. The standard InChI is InChI=1S/C13H10Cl2N4O2S/c14-9-4-3-5-10(15)13(9)22(20,21)16-8-12-18-17-11-6-1-2-7-19(11)12/h1-7,16H,8H2. The number of sulfonamides is 1. The molecule has 2 heterocycles. The minimum atomic E-state index is -3.86. The summed E-state index contributed by atoms with van der Waals surface area (Å²) in [6, 6.07) is 9.91. The third-order valence-electron chi connectivity index (χ3n) is 2.99. The van der Waals surface area contributed by atoms with Gasteiger partial charge in [-0.25, -0.2) is 13.1 Å². The summed E-state index contributed by atoms with van der Waals surface area (Å²) in [6.07, 6.45) is 1.75. The molecule has 1 N–H and O–H groups in total. The quantitative estimate of drug-likeness (QED) is 0.779. The van der Waals surface area contributed by atoms with Crippen molar-refractivity contribution in [2.75, 3.05) is 0 Å². The van der Waals surface area contributed by atoms with Crippen molar-refractivity contribution in [3.8, 4) is 0 Å². The van der Waals surface area contributed by atoms with Crippen molar-refractivity contribution in [3.05, 3.63) is 58.5 Å². The van der Waals surface area contributed by atoms with Crippen LogP contribution in [0, 0.1) is 0 Å². The van der Waals surface area contributed by atoms with Crippen LogP contribution in [-0.4, -0.2) is 23.0 Å². The topological polar surface area (TPSA) is 76.4 Å². The molecule has 3 aromatic rings. The minimum Gasteiger partial charge on any atom is -0.285 e. The smallest absolute Gasteiger partial charge is 0.243 e. The number of pyridine rings is 1. The van der Waals surface area contributed by atoms with E-state index in [1.807, 2.05) is 6.07 Å². The molecule has 0 aliphatic carbocycles. The van der Waals surface area contributed by atoms with Gasteiger partial charge >= 0.3 is 0 Å². The fourth-order valence-electron chi connectivity index (χ4n) is 1.98. The van der Waals surface area contributed by atoms with Crippen LogP contribution < -0.4 is 4.72 Å². The first kappa shape index (κ1) is 15.2. The summed E-state index contributed by atoms with van der Waals surface area (Å²) in [5.41, 5.74) is 0.632. The Morgan fingerprint density at radius 1 is 1.05 bits per heavy atom. The predicted octanol–water partition coefficient (Wildman–Crippen LogP) is 2.51. The molecule has 0 unspecified atom stereocenters. The van der Waals surface area contributed by atoms with Gasteiger partial charge in [0.1, 0.15) is 4.90 Å². The normalized spacial score (nSPS) is 11.9. The highest BCUT2D eigenvalue weighted by Gasteiger charge is 2.22. The molecule has 0 fully saturated rings. The Labute approximate surface area is 136 Å². The van der Waals surface area contributed by atoms with E-state index in [2.05, 4.69) is 14.9 Å². The highest BCUT2D eigenvalue weighted by atomic mass is 35.5.